The largest absolute Gasteiger partial charge is 0.486 e. The van der Waals surface area contributed by atoms with E-state index in [0.29, 0.717) is 33.0 Å². The lowest BCUT2D eigenvalue weighted by Crippen LogP contribution is -2.41. The first kappa shape index (κ1) is 16.1. The molecule has 1 aromatic carbocycles. The van der Waals surface area contributed by atoms with Crippen molar-refractivity contribution in [3.8, 4) is 11.5 Å². The number of rotatable bonds is 4. The molecule has 5 nitrogen and oxygen atoms in total. The Bertz CT molecular complexity index is 564. The minimum Gasteiger partial charge on any atom is -0.486 e. The Kier molecular flexibility index (Phi) is 4.76. The number of fused-ring (bicyclic) bond motifs is 1. The number of hydrogen-bond acceptors (Lipinski definition) is 4. The van der Waals surface area contributed by atoms with Gasteiger partial charge in [-0.2, -0.15) is 0 Å². The van der Waals surface area contributed by atoms with E-state index in [-0.39, 0.29) is 17.2 Å². The molecule has 0 unspecified atom stereocenters. The van der Waals surface area contributed by atoms with Crippen LogP contribution in [0.15, 0.2) is 18.2 Å². The van der Waals surface area contributed by atoms with E-state index in [9.17, 15) is 4.79 Å². The lowest BCUT2D eigenvalue weighted by Gasteiger charge is -2.29. The average molecular weight is 319 g/mol. The predicted octanol–water partition coefficient (Wildman–Crippen LogP) is 2.28. The van der Waals surface area contributed by atoms with E-state index in [2.05, 4.69) is 19.2 Å². The van der Waals surface area contributed by atoms with Gasteiger partial charge in [0.1, 0.15) is 13.2 Å². The predicted molar refractivity (Wildman–Crippen MR) is 87.0 cm³/mol. The van der Waals surface area contributed by atoms with Gasteiger partial charge in [0.25, 0.3) is 0 Å². The Morgan fingerprint density at radius 3 is 2.57 bits per heavy atom. The lowest BCUT2D eigenvalue weighted by molar-refractivity contribution is -0.128. The summed E-state index contributed by atoms with van der Waals surface area (Å²) >= 11 is 0. The molecule has 1 aromatic rings. The molecule has 0 aliphatic carbocycles. The summed E-state index contributed by atoms with van der Waals surface area (Å²) in [6.07, 6.45) is 1.63. The number of hydrogen-bond donors (Lipinski definition) is 1. The molecule has 1 saturated heterocycles. The highest BCUT2D eigenvalue weighted by Crippen LogP contribution is 2.35. The first-order chi connectivity index (χ1) is 11.1. The molecule has 126 valence electrons. The second-order valence-corrected chi connectivity index (χ2v) is 6.85. The van der Waals surface area contributed by atoms with Crippen LogP contribution < -0.4 is 14.8 Å². The molecule has 1 amide bonds. The van der Waals surface area contributed by atoms with Crippen LogP contribution in [0.3, 0.4) is 0 Å². The van der Waals surface area contributed by atoms with Gasteiger partial charge in [-0.1, -0.05) is 19.9 Å². The first-order valence-electron chi connectivity index (χ1n) is 8.32. The topological polar surface area (TPSA) is 56.8 Å². The van der Waals surface area contributed by atoms with Crippen LogP contribution in [-0.4, -0.2) is 38.9 Å². The maximum Gasteiger partial charge on any atom is 0.223 e. The molecule has 0 bridgehead atoms. The van der Waals surface area contributed by atoms with E-state index in [4.69, 9.17) is 14.2 Å². The van der Waals surface area contributed by atoms with Crippen molar-refractivity contribution in [3.05, 3.63) is 23.8 Å². The van der Waals surface area contributed by atoms with Crippen molar-refractivity contribution in [2.45, 2.75) is 32.1 Å². The fraction of sp³-hybridized carbons (Fsp3) is 0.611. The van der Waals surface area contributed by atoms with Crippen molar-refractivity contribution in [3.63, 3.8) is 0 Å². The third-order valence-corrected chi connectivity index (χ3v) is 4.62. The van der Waals surface area contributed by atoms with Crippen molar-refractivity contribution >= 4 is 5.91 Å². The number of ether oxygens (including phenoxy) is 3. The Morgan fingerprint density at radius 2 is 1.83 bits per heavy atom. The smallest absolute Gasteiger partial charge is 0.223 e. The van der Waals surface area contributed by atoms with Crippen LogP contribution in [0.5, 0.6) is 11.5 Å². The maximum absolute atomic E-state index is 12.3. The normalized spacial score (nSPS) is 18.5. The van der Waals surface area contributed by atoms with Crippen molar-refractivity contribution in [1.29, 1.82) is 0 Å². The van der Waals surface area contributed by atoms with Crippen molar-refractivity contribution in [1.82, 2.24) is 5.32 Å². The molecular weight excluding hydrogens is 294 g/mol. The minimum absolute atomic E-state index is 0.0832. The van der Waals surface area contributed by atoms with E-state index in [1.807, 2.05) is 18.2 Å². The van der Waals surface area contributed by atoms with Gasteiger partial charge in [-0.25, -0.2) is 0 Å². The van der Waals surface area contributed by atoms with Gasteiger partial charge in [-0.15, -0.1) is 0 Å². The van der Waals surface area contributed by atoms with Gasteiger partial charge < -0.3 is 19.5 Å². The van der Waals surface area contributed by atoms with E-state index in [1.165, 1.54) is 0 Å². The Labute approximate surface area is 137 Å². The van der Waals surface area contributed by atoms with Crippen LogP contribution in [0.2, 0.25) is 0 Å². The second kappa shape index (κ2) is 6.79. The molecule has 0 atom stereocenters. The Hall–Kier alpha value is -1.75. The number of benzene rings is 1. The highest BCUT2D eigenvalue weighted by Gasteiger charge is 2.27. The molecule has 2 aliphatic rings. The van der Waals surface area contributed by atoms with Crippen LogP contribution in [0.1, 0.15) is 32.3 Å². The molecule has 2 aliphatic heterocycles. The molecule has 3 rings (SSSR count). The van der Waals surface area contributed by atoms with Crippen molar-refractivity contribution in [2.75, 3.05) is 33.0 Å². The highest BCUT2D eigenvalue weighted by molar-refractivity contribution is 5.78. The van der Waals surface area contributed by atoms with Gasteiger partial charge in [0.05, 0.1) is 0 Å². The molecular formula is C18H25NO4. The van der Waals surface area contributed by atoms with E-state index in [0.717, 1.165) is 29.9 Å². The zero-order chi connectivity index (χ0) is 16.3. The lowest BCUT2D eigenvalue weighted by atomic mass is 9.84. The molecule has 0 radical (unpaired) electrons. The van der Waals surface area contributed by atoms with Gasteiger partial charge >= 0.3 is 0 Å². The SMILES string of the molecule is CC(C)(CNC(=O)C1CCOCC1)c1ccc2c(c1)OCCO2. The van der Waals surface area contributed by atoms with Crippen LogP contribution in [0, 0.1) is 5.92 Å². The summed E-state index contributed by atoms with van der Waals surface area (Å²) in [7, 11) is 0. The summed E-state index contributed by atoms with van der Waals surface area (Å²) in [6.45, 7) is 7.40. The van der Waals surface area contributed by atoms with E-state index < -0.39 is 0 Å². The molecule has 1 fully saturated rings. The summed E-state index contributed by atoms with van der Waals surface area (Å²) in [5.41, 5.74) is 0.963. The third kappa shape index (κ3) is 3.78. The highest BCUT2D eigenvalue weighted by atomic mass is 16.6. The van der Waals surface area contributed by atoms with Crippen molar-refractivity contribution < 1.29 is 19.0 Å². The summed E-state index contributed by atoms with van der Waals surface area (Å²) < 4.78 is 16.5. The summed E-state index contributed by atoms with van der Waals surface area (Å²) in [5, 5.41) is 3.10. The summed E-state index contributed by atoms with van der Waals surface area (Å²) in [6, 6.07) is 6.02. The fourth-order valence-corrected chi connectivity index (χ4v) is 2.98. The quantitative estimate of drug-likeness (QED) is 0.925. The number of nitrogens with one attached hydrogen (secondary N) is 1. The molecule has 1 N–H and O–H groups in total. The van der Waals surface area contributed by atoms with Gasteiger partial charge in [0, 0.05) is 31.1 Å². The van der Waals surface area contributed by atoms with Crippen LogP contribution in [-0.2, 0) is 14.9 Å². The molecule has 23 heavy (non-hydrogen) atoms. The van der Waals surface area contributed by atoms with Gasteiger partial charge in [-0.05, 0) is 30.5 Å². The standard InChI is InChI=1S/C18H25NO4/c1-18(2,12-19-17(20)13-5-7-21-8-6-13)14-3-4-15-16(11-14)23-10-9-22-15/h3-4,11,13H,5-10,12H2,1-2H3,(H,19,20). The number of amides is 1. The zero-order valence-corrected chi connectivity index (χ0v) is 13.9. The van der Waals surface area contributed by atoms with Gasteiger partial charge in [0.15, 0.2) is 11.5 Å². The van der Waals surface area contributed by atoms with Crippen molar-refractivity contribution in [2.24, 2.45) is 5.92 Å². The zero-order valence-electron chi connectivity index (χ0n) is 13.9. The minimum atomic E-state index is -0.170. The Morgan fingerprint density at radius 1 is 1.13 bits per heavy atom. The summed E-state index contributed by atoms with van der Waals surface area (Å²) in [5.74, 6) is 1.80. The van der Waals surface area contributed by atoms with Crippen LogP contribution in [0.25, 0.3) is 0 Å². The Balaban J connectivity index is 1.63. The molecule has 0 aromatic heterocycles. The first-order valence-corrected chi connectivity index (χ1v) is 8.32. The van der Waals surface area contributed by atoms with Gasteiger partial charge in [0.2, 0.25) is 5.91 Å². The maximum atomic E-state index is 12.3. The molecule has 2 heterocycles. The average Bonchev–Trinajstić information content (AvgIpc) is 2.60. The number of carbonyl (C=O) groups is 1. The number of carbonyl (C=O) groups excluding carboxylic acids is 1. The fourth-order valence-electron chi connectivity index (χ4n) is 2.98. The van der Waals surface area contributed by atoms with Crippen LogP contribution >= 0.6 is 0 Å². The van der Waals surface area contributed by atoms with Gasteiger partial charge in [-0.3, -0.25) is 4.79 Å². The summed E-state index contributed by atoms with van der Waals surface area (Å²) in [4.78, 5) is 12.3. The van der Waals surface area contributed by atoms with E-state index in [1.54, 1.807) is 0 Å². The second-order valence-electron chi connectivity index (χ2n) is 6.85. The van der Waals surface area contributed by atoms with Crippen LogP contribution in [0.4, 0.5) is 0 Å². The van der Waals surface area contributed by atoms with E-state index >= 15 is 0 Å². The monoisotopic (exact) mass is 319 g/mol. The molecule has 5 heteroatoms. The molecule has 0 saturated carbocycles. The third-order valence-electron chi connectivity index (χ3n) is 4.62. The molecule has 0 spiro atoms.